The van der Waals surface area contributed by atoms with Crippen molar-refractivity contribution in [1.82, 2.24) is 20.0 Å². The van der Waals surface area contributed by atoms with Crippen molar-refractivity contribution in [1.29, 1.82) is 0 Å². The SMILES string of the molecule is CC(=O)N1CCC(CN(C)c2cc(C(=O)NC3C4CC5CC3CC(O)(C5)C4)nn2C)CC1. The van der Waals surface area contributed by atoms with Crippen LogP contribution in [0, 0.1) is 23.7 Å². The number of nitrogens with one attached hydrogen (secondary N) is 1. The normalized spacial score (nSPS) is 34.1. The summed E-state index contributed by atoms with van der Waals surface area (Å²) in [5, 5.41) is 18.6. The third-order valence-corrected chi connectivity index (χ3v) is 8.61. The van der Waals surface area contributed by atoms with Crippen LogP contribution in [0.4, 0.5) is 5.82 Å². The lowest BCUT2D eigenvalue weighted by molar-refractivity contribution is -0.137. The van der Waals surface area contributed by atoms with Gasteiger partial charge < -0.3 is 20.2 Å². The Kier molecular flexibility index (Phi) is 5.47. The van der Waals surface area contributed by atoms with Gasteiger partial charge >= 0.3 is 0 Å². The third kappa shape index (κ3) is 4.02. The van der Waals surface area contributed by atoms with Gasteiger partial charge in [0.2, 0.25) is 5.91 Å². The first-order valence-electron chi connectivity index (χ1n) is 12.2. The molecule has 4 aliphatic carbocycles. The van der Waals surface area contributed by atoms with Gasteiger partial charge in [-0.15, -0.1) is 0 Å². The fraction of sp³-hybridized carbons (Fsp3) is 0.792. The summed E-state index contributed by atoms with van der Waals surface area (Å²) in [6, 6.07) is 2.05. The number of aliphatic hydroxyl groups is 1. The Labute approximate surface area is 190 Å². The van der Waals surface area contributed by atoms with Gasteiger partial charge in [0.1, 0.15) is 5.82 Å². The first-order chi connectivity index (χ1) is 15.2. The summed E-state index contributed by atoms with van der Waals surface area (Å²) in [4.78, 5) is 28.7. The molecule has 0 radical (unpaired) electrons. The highest BCUT2D eigenvalue weighted by molar-refractivity contribution is 5.93. The Morgan fingerprint density at radius 2 is 1.88 bits per heavy atom. The Balaban J connectivity index is 1.20. The molecule has 32 heavy (non-hydrogen) atoms. The number of likely N-dealkylation sites (tertiary alicyclic amines) is 1. The Morgan fingerprint density at radius 1 is 1.22 bits per heavy atom. The molecular weight excluding hydrogens is 406 g/mol. The lowest BCUT2D eigenvalue weighted by Gasteiger charge is -2.58. The number of carbonyl (C=O) groups excluding carboxylic acids is 2. The molecule has 1 saturated heterocycles. The fourth-order valence-corrected chi connectivity index (χ4v) is 7.28. The Hall–Kier alpha value is -2.09. The lowest BCUT2D eigenvalue weighted by atomic mass is 9.52. The van der Waals surface area contributed by atoms with Crippen LogP contribution in [0.25, 0.3) is 0 Å². The number of nitrogens with zero attached hydrogens (tertiary/aromatic N) is 4. The maximum Gasteiger partial charge on any atom is 0.272 e. The van der Waals surface area contributed by atoms with Gasteiger partial charge in [0.25, 0.3) is 5.91 Å². The Morgan fingerprint density at radius 3 is 2.47 bits per heavy atom. The standard InChI is InChI=1S/C24H37N5O3/c1-15(30)29-6-4-16(5-7-29)14-27(2)21-10-20(26-28(21)3)23(31)25-22-18-8-17-9-19(22)13-24(32,11-17)12-18/h10,16-19,22,32H,4-9,11-14H2,1-3H3,(H,25,31). The summed E-state index contributed by atoms with van der Waals surface area (Å²) < 4.78 is 1.79. The first-order valence-corrected chi connectivity index (χ1v) is 12.2. The second kappa shape index (κ2) is 8.04. The van der Waals surface area contributed by atoms with E-state index in [1.165, 1.54) is 0 Å². The number of aryl methyl sites for hydroxylation is 1. The summed E-state index contributed by atoms with van der Waals surface area (Å²) in [6.07, 6.45) is 6.86. The van der Waals surface area contributed by atoms with E-state index in [-0.39, 0.29) is 17.9 Å². The summed E-state index contributed by atoms with van der Waals surface area (Å²) >= 11 is 0. The van der Waals surface area contributed by atoms with E-state index in [2.05, 4.69) is 22.4 Å². The minimum absolute atomic E-state index is 0.0977. The van der Waals surface area contributed by atoms with E-state index < -0.39 is 5.60 Å². The summed E-state index contributed by atoms with van der Waals surface area (Å²) in [5.74, 6) is 2.93. The van der Waals surface area contributed by atoms with Crippen LogP contribution in [-0.4, -0.2) is 69.9 Å². The second-order valence-corrected chi connectivity index (χ2v) is 11.0. The molecule has 8 heteroatoms. The van der Waals surface area contributed by atoms with Crippen molar-refractivity contribution in [2.24, 2.45) is 30.7 Å². The van der Waals surface area contributed by atoms with Crippen molar-refractivity contribution >= 4 is 17.6 Å². The van der Waals surface area contributed by atoms with E-state index in [1.807, 2.05) is 18.0 Å². The van der Waals surface area contributed by atoms with Crippen LogP contribution >= 0.6 is 0 Å². The van der Waals surface area contributed by atoms with Crippen LogP contribution in [-0.2, 0) is 11.8 Å². The van der Waals surface area contributed by atoms with Gasteiger partial charge in [0.05, 0.1) is 5.60 Å². The zero-order valence-corrected chi connectivity index (χ0v) is 19.6. The number of anilines is 1. The summed E-state index contributed by atoms with van der Waals surface area (Å²) in [5.41, 5.74) is -0.0209. The van der Waals surface area contributed by atoms with Crippen LogP contribution in [0.15, 0.2) is 6.07 Å². The Bertz CT molecular complexity index is 874. The van der Waals surface area contributed by atoms with Crippen molar-refractivity contribution < 1.29 is 14.7 Å². The average Bonchev–Trinajstić information content (AvgIpc) is 3.11. The second-order valence-electron chi connectivity index (χ2n) is 11.0. The van der Waals surface area contributed by atoms with E-state index >= 15 is 0 Å². The molecule has 2 N–H and O–H groups in total. The molecule has 0 spiro atoms. The predicted molar refractivity (Wildman–Crippen MR) is 121 cm³/mol. The third-order valence-electron chi connectivity index (χ3n) is 8.61. The maximum atomic E-state index is 13.1. The minimum atomic E-state index is -0.487. The fourth-order valence-electron chi connectivity index (χ4n) is 7.28. The van der Waals surface area contributed by atoms with Gasteiger partial charge in [-0.25, -0.2) is 0 Å². The quantitative estimate of drug-likeness (QED) is 0.724. The molecule has 6 rings (SSSR count). The topological polar surface area (TPSA) is 90.7 Å². The van der Waals surface area contributed by atoms with Crippen molar-refractivity contribution in [3.8, 4) is 0 Å². The van der Waals surface area contributed by atoms with E-state index in [4.69, 9.17) is 0 Å². The number of piperidine rings is 1. The molecule has 5 aliphatic rings. The smallest absolute Gasteiger partial charge is 0.272 e. The van der Waals surface area contributed by atoms with Gasteiger partial charge in [-0.3, -0.25) is 14.3 Å². The predicted octanol–water partition coefficient (Wildman–Crippen LogP) is 1.78. The van der Waals surface area contributed by atoms with Crippen molar-refractivity contribution in [3.05, 3.63) is 11.8 Å². The monoisotopic (exact) mass is 443 g/mol. The van der Waals surface area contributed by atoms with Gasteiger partial charge in [0, 0.05) is 52.8 Å². The highest BCUT2D eigenvalue weighted by Crippen LogP contribution is 2.55. The molecule has 8 nitrogen and oxygen atoms in total. The molecule has 1 aliphatic heterocycles. The van der Waals surface area contributed by atoms with Crippen molar-refractivity contribution in [2.75, 3.05) is 31.6 Å². The molecule has 2 unspecified atom stereocenters. The van der Waals surface area contributed by atoms with Gasteiger partial charge in [-0.05, 0) is 68.6 Å². The van der Waals surface area contributed by atoms with E-state index in [0.717, 1.165) is 70.4 Å². The molecule has 4 saturated carbocycles. The average molecular weight is 444 g/mol. The van der Waals surface area contributed by atoms with Gasteiger partial charge in [-0.2, -0.15) is 5.10 Å². The van der Waals surface area contributed by atoms with E-state index in [9.17, 15) is 14.7 Å². The van der Waals surface area contributed by atoms with Crippen LogP contribution in [0.3, 0.4) is 0 Å². The molecule has 5 fully saturated rings. The number of hydrogen-bond acceptors (Lipinski definition) is 5. The van der Waals surface area contributed by atoms with Crippen LogP contribution in [0.2, 0.25) is 0 Å². The molecule has 2 heterocycles. The summed E-state index contributed by atoms with van der Waals surface area (Å²) in [6.45, 7) is 4.18. The first kappa shape index (κ1) is 21.7. The van der Waals surface area contributed by atoms with Crippen molar-refractivity contribution in [2.45, 2.75) is 63.5 Å². The molecule has 176 valence electrons. The zero-order chi connectivity index (χ0) is 22.6. The molecule has 1 aromatic rings. The van der Waals surface area contributed by atoms with E-state index in [0.29, 0.717) is 29.4 Å². The molecule has 4 bridgehead atoms. The zero-order valence-electron chi connectivity index (χ0n) is 19.6. The van der Waals surface area contributed by atoms with Crippen molar-refractivity contribution in [3.63, 3.8) is 0 Å². The van der Waals surface area contributed by atoms with E-state index in [1.54, 1.807) is 11.6 Å². The molecule has 2 atom stereocenters. The highest BCUT2D eigenvalue weighted by atomic mass is 16.3. The highest BCUT2D eigenvalue weighted by Gasteiger charge is 2.55. The van der Waals surface area contributed by atoms with Gasteiger partial charge in [-0.1, -0.05) is 0 Å². The van der Waals surface area contributed by atoms with Gasteiger partial charge in [0.15, 0.2) is 5.69 Å². The summed E-state index contributed by atoms with van der Waals surface area (Å²) in [7, 11) is 3.94. The number of aromatic nitrogens is 2. The lowest BCUT2D eigenvalue weighted by Crippen LogP contribution is -2.61. The molecular formula is C24H37N5O3. The molecule has 0 aromatic carbocycles. The largest absolute Gasteiger partial charge is 0.390 e. The van der Waals surface area contributed by atoms with Crippen LogP contribution < -0.4 is 10.2 Å². The van der Waals surface area contributed by atoms with Crippen LogP contribution in [0.1, 0.15) is 62.4 Å². The minimum Gasteiger partial charge on any atom is -0.390 e. The number of amides is 2. The number of rotatable bonds is 5. The molecule has 1 aromatic heterocycles. The number of hydrogen-bond donors (Lipinski definition) is 2. The van der Waals surface area contributed by atoms with Crippen LogP contribution in [0.5, 0.6) is 0 Å². The number of carbonyl (C=O) groups is 2. The molecule has 2 amide bonds. The maximum absolute atomic E-state index is 13.1.